The molecule has 0 bridgehead atoms. The van der Waals surface area contributed by atoms with Gasteiger partial charge in [-0.1, -0.05) is 32.0 Å². The topological polar surface area (TPSA) is 39.1 Å². The van der Waals surface area contributed by atoms with E-state index in [1.807, 2.05) is 36.9 Å². The fourth-order valence-corrected chi connectivity index (χ4v) is 2.27. The third-order valence-corrected chi connectivity index (χ3v) is 3.44. The molecule has 114 valence electrons. The Hall–Kier alpha value is -1.81. The van der Waals surface area contributed by atoms with Crippen molar-refractivity contribution in [2.24, 2.45) is 13.0 Å². The highest BCUT2D eigenvalue weighted by Crippen LogP contribution is 2.29. The van der Waals surface area contributed by atoms with Crippen LogP contribution >= 0.6 is 0 Å². The van der Waals surface area contributed by atoms with Gasteiger partial charge in [0.25, 0.3) is 0 Å². The average molecular weight is 287 g/mol. The third-order valence-electron chi connectivity index (χ3n) is 3.44. The molecule has 0 saturated carbocycles. The van der Waals surface area contributed by atoms with Gasteiger partial charge in [0.1, 0.15) is 5.75 Å². The minimum absolute atomic E-state index is 0.628. The smallest absolute Gasteiger partial charge is 0.222 e. The molecule has 1 N–H and O–H groups in total. The van der Waals surface area contributed by atoms with E-state index < -0.39 is 0 Å². The summed E-state index contributed by atoms with van der Waals surface area (Å²) in [6.07, 6.45) is 0. The molecule has 2 rings (SSSR count). The van der Waals surface area contributed by atoms with Crippen LogP contribution in [0.25, 0.3) is 0 Å². The number of aryl methyl sites for hydroxylation is 3. The van der Waals surface area contributed by atoms with Gasteiger partial charge >= 0.3 is 0 Å². The summed E-state index contributed by atoms with van der Waals surface area (Å²) in [5.41, 5.74) is 3.26. The quantitative estimate of drug-likeness (QED) is 0.882. The number of benzene rings is 1. The van der Waals surface area contributed by atoms with E-state index in [4.69, 9.17) is 4.74 Å². The van der Waals surface area contributed by atoms with Crippen LogP contribution < -0.4 is 10.1 Å². The van der Waals surface area contributed by atoms with Crippen molar-refractivity contribution >= 4 is 0 Å². The first-order valence-corrected chi connectivity index (χ1v) is 7.45. The van der Waals surface area contributed by atoms with Crippen LogP contribution in [0.15, 0.2) is 24.3 Å². The van der Waals surface area contributed by atoms with Crippen LogP contribution in [0.3, 0.4) is 0 Å². The summed E-state index contributed by atoms with van der Waals surface area (Å²) in [5, 5.41) is 7.95. The monoisotopic (exact) mass is 287 g/mol. The summed E-state index contributed by atoms with van der Waals surface area (Å²) in [4.78, 5) is 0. The summed E-state index contributed by atoms with van der Waals surface area (Å²) in [7, 11) is 1.92. The fraction of sp³-hybridized carbons (Fsp3) is 0.471. The molecule has 0 saturated heterocycles. The minimum Gasteiger partial charge on any atom is -0.439 e. The van der Waals surface area contributed by atoms with Gasteiger partial charge in [-0.15, -0.1) is 0 Å². The van der Waals surface area contributed by atoms with Crippen molar-refractivity contribution in [3.05, 3.63) is 41.1 Å². The van der Waals surface area contributed by atoms with Crippen LogP contribution in [0.2, 0.25) is 0 Å². The zero-order valence-electron chi connectivity index (χ0n) is 13.6. The Morgan fingerprint density at radius 2 is 1.95 bits per heavy atom. The van der Waals surface area contributed by atoms with E-state index in [2.05, 4.69) is 37.3 Å². The molecule has 0 aliphatic carbocycles. The van der Waals surface area contributed by atoms with Gasteiger partial charge in [-0.2, -0.15) is 5.10 Å². The van der Waals surface area contributed by atoms with Crippen molar-refractivity contribution < 1.29 is 4.74 Å². The molecule has 4 heteroatoms. The SMILES string of the molecule is Cc1ccccc1Oc1c(CNCC(C)C)c(C)nn1C. The van der Waals surface area contributed by atoms with Gasteiger partial charge < -0.3 is 10.1 Å². The Bertz CT molecular complexity index is 602. The Kier molecular flexibility index (Phi) is 5.02. The van der Waals surface area contributed by atoms with E-state index in [1.54, 1.807) is 0 Å². The molecule has 0 unspecified atom stereocenters. The lowest BCUT2D eigenvalue weighted by molar-refractivity contribution is 0.420. The van der Waals surface area contributed by atoms with Crippen molar-refractivity contribution in [1.29, 1.82) is 0 Å². The Labute approximate surface area is 127 Å². The third kappa shape index (κ3) is 3.85. The standard InChI is InChI=1S/C17H25N3O/c1-12(2)10-18-11-15-14(4)19-20(5)17(15)21-16-9-7-6-8-13(16)3/h6-9,12,18H,10-11H2,1-5H3. The zero-order chi connectivity index (χ0) is 15.4. The van der Waals surface area contributed by atoms with Crippen molar-refractivity contribution in [2.45, 2.75) is 34.2 Å². The zero-order valence-corrected chi connectivity index (χ0v) is 13.6. The maximum absolute atomic E-state index is 6.11. The molecule has 0 radical (unpaired) electrons. The van der Waals surface area contributed by atoms with Gasteiger partial charge in [0.15, 0.2) is 0 Å². The maximum atomic E-state index is 6.11. The van der Waals surface area contributed by atoms with Gasteiger partial charge in [-0.05, 0) is 37.9 Å². The summed E-state index contributed by atoms with van der Waals surface area (Å²) in [5.74, 6) is 2.33. The van der Waals surface area contributed by atoms with E-state index >= 15 is 0 Å². The lowest BCUT2D eigenvalue weighted by Gasteiger charge is -2.12. The van der Waals surface area contributed by atoms with E-state index in [-0.39, 0.29) is 0 Å². The lowest BCUT2D eigenvalue weighted by Crippen LogP contribution is -2.19. The molecule has 0 fully saturated rings. The van der Waals surface area contributed by atoms with E-state index in [0.717, 1.165) is 41.5 Å². The second-order valence-electron chi connectivity index (χ2n) is 5.89. The number of hydrogen-bond acceptors (Lipinski definition) is 3. The number of nitrogens with one attached hydrogen (secondary N) is 1. The summed E-state index contributed by atoms with van der Waals surface area (Å²) < 4.78 is 7.92. The molecule has 0 aliphatic rings. The van der Waals surface area contributed by atoms with Gasteiger partial charge in [0.05, 0.1) is 11.3 Å². The average Bonchev–Trinajstić information content (AvgIpc) is 2.67. The Morgan fingerprint density at radius 3 is 2.62 bits per heavy atom. The molecule has 2 aromatic rings. The fourth-order valence-electron chi connectivity index (χ4n) is 2.27. The molecule has 1 heterocycles. The molecule has 1 aromatic heterocycles. The molecule has 0 atom stereocenters. The molecule has 0 amide bonds. The van der Waals surface area contributed by atoms with Crippen LogP contribution in [0.5, 0.6) is 11.6 Å². The van der Waals surface area contributed by atoms with Crippen LogP contribution in [-0.4, -0.2) is 16.3 Å². The van der Waals surface area contributed by atoms with Crippen molar-refractivity contribution in [3.8, 4) is 11.6 Å². The lowest BCUT2D eigenvalue weighted by atomic mass is 10.2. The summed E-state index contributed by atoms with van der Waals surface area (Å²) in [6, 6.07) is 8.04. The van der Waals surface area contributed by atoms with Gasteiger partial charge in [-0.25, -0.2) is 4.68 Å². The highest BCUT2D eigenvalue weighted by molar-refractivity contribution is 5.39. The first-order valence-electron chi connectivity index (χ1n) is 7.45. The predicted molar refractivity (Wildman–Crippen MR) is 85.7 cm³/mol. The number of aromatic nitrogens is 2. The number of rotatable bonds is 6. The predicted octanol–water partition coefficient (Wildman–Crippen LogP) is 3.57. The molecule has 4 nitrogen and oxygen atoms in total. The molecule has 0 spiro atoms. The first kappa shape index (κ1) is 15.6. The Balaban J connectivity index is 2.20. The molecule has 21 heavy (non-hydrogen) atoms. The van der Waals surface area contributed by atoms with Gasteiger partial charge in [-0.3, -0.25) is 0 Å². The molecular formula is C17H25N3O. The number of nitrogens with zero attached hydrogens (tertiary/aromatic N) is 2. The van der Waals surface area contributed by atoms with E-state index in [0.29, 0.717) is 5.92 Å². The maximum Gasteiger partial charge on any atom is 0.222 e. The van der Waals surface area contributed by atoms with Crippen LogP contribution in [0, 0.1) is 19.8 Å². The second-order valence-corrected chi connectivity index (χ2v) is 5.89. The van der Waals surface area contributed by atoms with Crippen LogP contribution in [-0.2, 0) is 13.6 Å². The summed E-state index contributed by atoms with van der Waals surface area (Å²) >= 11 is 0. The van der Waals surface area contributed by atoms with Gasteiger partial charge in [0.2, 0.25) is 5.88 Å². The van der Waals surface area contributed by atoms with Crippen LogP contribution in [0.4, 0.5) is 0 Å². The molecular weight excluding hydrogens is 262 g/mol. The number of para-hydroxylation sites is 1. The highest BCUT2D eigenvalue weighted by atomic mass is 16.5. The normalized spacial score (nSPS) is 11.1. The van der Waals surface area contributed by atoms with Gasteiger partial charge in [0, 0.05) is 13.6 Å². The Morgan fingerprint density at radius 1 is 1.24 bits per heavy atom. The summed E-state index contributed by atoms with van der Waals surface area (Å²) in [6.45, 7) is 10.2. The molecule has 0 aliphatic heterocycles. The van der Waals surface area contributed by atoms with Crippen molar-refractivity contribution in [2.75, 3.05) is 6.54 Å². The highest BCUT2D eigenvalue weighted by Gasteiger charge is 2.16. The number of ether oxygens (including phenoxy) is 1. The van der Waals surface area contributed by atoms with Crippen molar-refractivity contribution in [3.63, 3.8) is 0 Å². The van der Waals surface area contributed by atoms with Crippen LogP contribution in [0.1, 0.15) is 30.7 Å². The largest absolute Gasteiger partial charge is 0.439 e. The minimum atomic E-state index is 0.628. The first-order chi connectivity index (χ1) is 9.99. The van der Waals surface area contributed by atoms with Crippen molar-refractivity contribution in [1.82, 2.24) is 15.1 Å². The molecule has 1 aromatic carbocycles. The second kappa shape index (κ2) is 6.76. The number of hydrogen-bond donors (Lipinski definition) is 1. The van der Waals surface area contributed by atoms with E-state index in [1.165, 1.54) is 0 Å². The van der Waals surface area contributed by atoms with E-state index in [9.17, 15) is 0 Å².